The van der Waals surface area contributed by atoms with Crippen LogP contribution in [0.4, 0.5) is 0 Å². The van der Waals surface area contributed by atoms with Crippen molar-refractivity contribution in [2.75, 3.05) is 13.6 Å². The highest BCUT2D eigenvalue weighted by atomic mass is 15.3. The summed E-state index contributed by atoms with van der Waals surface area (Å²) in [4.78, 5) is 4.27. The van der Waals surface area contributed by atoms with Crippen molar-refractivity contribution in [3.8, 4) is 0 Å². The Hall–Kier alpha value is -2.30. The van der Waals surface area contributed by atoms with Gasteiger partial charge in [0.05, 0.1) is 6.54 Å². The molecule has 0 unspecified atom stereocenters. The second kappa shape index (κ2) is 7.11. The molecule has 1 saturated carbocycles. The van der Waals surface area contributed by atoms with Crippen molar-refractivity contribution in [3.05, 3.63) is 53.9 Å². The van der Waals surface area contributed by atoms with Gasteiger partial charge >= 0.3 is 0 Å². The lowest BCUT2D eigenvalue weighted by molar-refractivity contribution is 0.685. The maximum atomic E-state index is 4.27. The molecular formula is C17H23N5. The maximum absolute atomic E-state index is 4.27. The monoisotopic (exact) mass is 297 g/mol. The molecule has 1 aliphatic carbocycles. The molecule has 0 amide bonds. The molecule has 0 aliphatic heterocycles. The van der Waals surface area contributed by atoms with Gasteiger partial charge in [-0.1, -0.05) is 24.3 Å². The zero-order chi connectivity index (χ0) is 15.2. The van der Waals surface area contributed by atoms with Crippen LogP contribution in [0.2, 0.25) is 0 Å². The van der Waals surface area contributed by atoms with Crippen LogP contribution in [0.15, 0.2) is 47.7 Å². The first-order chi connectivity index (χ1) is 10.8. The SMILES string of the molecule is CN=C(NCc1cccc(Cn2cccn2)c1)NCC1CC1. The summed E-state index contributed by atoms with van der Waals surface area (Å²) in [5.74, 6) is 1.72. The van der Waals surface area contributed by atoms with Crippen molar-refractivity contribution in [1.82, 2.24) is 20.4 Å². The fraction of sp³-hybridized carbons (Fsp3) is 0.412. The minimum atomic E-state index is 0.775. The van der Waals surface area contributed by atoms with Gasteiger partial charge in [-0.05, 0) is 36.0 Å². The number of guanidine groups is 1. The summed E-state index contributed by atoms with van der Waals surface area (Å²) >= 11 is 0. The third-order valence-electron chi connectivity index (χ3n) is 3.83. The molecule has 1 aromatic carbocycles. The molecule has 5 heteroatoms. The molecule has 2 aromatic rings. The lowest BCUT2D eigenvalue weighted by Gasteiger charge is -2.12. The van der Waals surface area contributed by atoms with Gasteiger partial charge in [0, 0.05) is 32.5 Å². The molecule has 0 bridgehead atoms. The number of nitrogens with one attached hydrogen (secondary N) is 2. The van der Waals surface area contributed by atoms with Gasteiger partial charge in [0.2, 0.25) is 0 Å². The van der Waals surface area contributed by atoms with E-state index in [2.05, 4.69) is 45.0 Å². The van der Waals surface area contributed by atoms with Crippen LogP contribution in [-0.2, 0) is 13.1 Å². The van der Waals surface area contributed by atoms with E-state index in [1.807, 2.05) is 24.0 Å². The maximum Gasteiger partial charge on any atom is 0.191 e. The van der Waals surface area contributed by atoms with Crippen LogP contribution in [0.5, 0.6) is 0 Å². The first kappa shape index (κ1) is 14.6. The van der Waals surface area contributed by atoms with Crippen LogP contribution in [0, 0.1) is 5.92 Å². The summed E-state index contributed by atoms with van der Waals surface area (Å²) in [6.45, 7) is 2.60. The van der Waals surface area contributed by atoms with Crippen LogP contribution in [0.1, 0.15) is 24.0 Å². The lowest BCUT2D eigenvalue weighted by atomic mass is 10.1. The van der Waals surface area contributed by atoms with E-state index in [4.69, 9.17) is 0 Å². The molecule has 0 spiro atoms. The van der Waals surface area contributed by atoms with E-state index in [-0.39, 0.29) is 0 Å². The Labute approximate surface area is 131 Å². The first-order valence-corrected chi connectivity index (χ1v) is 7.83. The zero-order valence-electron chi connectivity index (χ0n) is 13.0. The van der Waals surface area contributed by atoms with E-state index >= 15 is 0 Å². The summed E-state index contributed by atoms with van der Waals surface area (Å²) in [5.41, 5.74) is 2.50. The van der Waals surface area contributed by atoms with E-state index < -0.39 is 0 Å². The van der Waals surface area contributed by atoms with E-state index in [0.29, 0.717) is 0 Å². The normalized spacial score (nSPS) is 14.9. The number of benzene rings is 1. The predicted octanol–water partition coefficient (Wildman–Crippen LogP) is 2.01. The van der Waals surface area contributed by atoms with Gasteiger partial charge in [0.15, 0.2) is 5.96 Å². The van der Waals surface area contributed by atoms with Crippen molar-refractivity contribution in [2.45, 2.75) is 25.9 Å². The summed E-state index contributed by atoms with van der Waals surface area (Å²) < 4.78 is 1.93. The molecular weight excluding hydrogens is 274 g/mol. The fourth-order valence-corrected chi connectivity index (χ4v) is 2.39. The molecule has 0 saturated heterocycles. The van der Waals surface area contributed by atoms with E-state index in [1.54, 1.807) is 6.20 Å². The van der Waals surface area contributed by atoms with Crippen molar-refractivity contribution in [1.29, 1.82) is 0 Å². The standard InChI is InChI=1S/C17H23N5/c1-18-17(19-11-14-6-7-14)20-12-15-4-2-5-16(10-15)13-22-9-3-8-21-22/h2-5,8-10,14H,6-7,11-13H2,1H3,(H2,18,19,20). The molecule has 1 aliphatic rings. The first-order valence-electron chi connectivity index (χ1n) is 7.83. The van der Waals surface area contributed by atoms with Gasteiger partial charge in [-0.25, -0.2) is 0 Å². The van der Waals surface area contributed by atoms with Crippen LogP contribution in [-0.4, -0.2) is 29.3 Å². The number of rotatable bonds is 6. The number of hydrogen-bond acceptors (Lipinski definition) is 2. The Balaban J connectivity index is 1.52. The van der Waals surface area contributed by atoms with Gasteiger partial charge < -0.3 is 10.6 Å². The van der Waals surface area contributed by atoms with Crippen molar-refractivity contribution >= 4 is 5.96 Å². The highest BCUT2D eigenvalue weighted by Gasteiger charge is 2.20. The van der Waals surface area contributed by atoms with Crippen molar-refractivity contribution in [2.24, 2.45) is 10.9 Å². The average molecular weight is 297 g/mol. The number of aromatic nitrogens is 2. The molecule has 22 heavy (non-hydrogen) atoms. The van der Waals surface area contributed by atoms with E-state index in [1.165, 1.54) is 24.0 Å². The van der Waals surface area contributed by atoms with E-state index in [9.17, 15) is 0 Å². The molecule has 3 rings (SSSR count). The third-order valence-corrected chi connectivity index (χ3v) is 3.83. The molecule has 0 atom stereocenters. The Morgan fingerprint density at radius 2 is 2.14 bits per heavy atom. The smallest absolute Gasteiger partial charge is 0.191 e. The number of aliphatic imine (C=N–C) groups is 1. The third kappa shape index (κ3) is 4.35. The number of nitrogens with zero attached hydrogens (tertiary/aromatic N) is 3. The molecule has 1 fully saturated rings. The Kier molecular flexibility index (Phi) is 4.73. The molecule has 2 N–H and O–H groups in total. The fourth-order valence-electron chi connectivity index (χ4n) is 2.39. The van der Waals surface area contributed by atoms with Crippen molar-refractivity contribution < 1.29 is 0 Å². The predicted molar refractivity (Wildman–Crippen MR) is 88.7 cm³/mol. The molecule has 1 heterocycles. The summed E-state index contributed by atoms with van der Waals surface area (Å²) in [5, 5.41) is 11.0. The Morgan fingerprint density at radius 3 is 2.86 bits per heavy atom. The zero-order valence-corrected chi connectivity index (χ0v) is 13.0. The minimum absolute atomic E-state index is 0.775. The van der Waals surface area contributed by atoms with Gasteiger partial charge in [-0.3, -0.25) is 9.67 Å². The summed E-state index contributed by atoms with van der Waals surface area (Å²) in [6.07, 6.45) is 6.48. The lowest BCUT2D eigenvalue weighted by Crippen LogP contribution is -2.37. The van der Waals surface area contributed by atoms with Gasteiger partial charge in [0.1, 0.15) is 0 Å². The van der Waals surface area contributed by atoms with Gasteiger partial charge in [0.25, 0.3) is 0 Å². The van der Waals surface area contributed by atoms with E-state index in [0.717, 1.165) is 31.5 Å². The summed E-state index contributed by atoms with van der Waals surface area (Å²) in [6, 6.07) is 10.5. The summed E-state index contributed by atoms with van der Waals surface area (Å²) in [7, 11) is 1.82. The number of hydrogen-bond donors (Lipinski definition) is 2. The largest absolute Gasteiger partial charge is 0.356 e. The minimum Gasteiger partial charge on any atom is -0.356 e. The van der Waals surface area contributed by atoms with Gasteiger partial charge in [-0.2, -0.15) is 5.10 Å². The molecule has 1 aromatic heterocycles. The highest BCUT2D eigenvalue weighted by Crippen LogP contribution is 2.27. The average Bonchev–Trinajstić information content (AvgIpc) is 3.23. The van der Waals surface area contributed by atoms with Gasteiger partial charge in [-0.15, -0.1) is 0 Å². The second-order valence-electron chi connectivity index (χ2n) is 5.77. The highest BCUT2D eigenvalue weighted by molar-refractivity contribution is 5.79. The molecule has 116 valence electrons. The van der Waals surface area contributed by atoms with Crippen LogP contribution < -0.4 is 10.6 Å². The molecule has 5 nitrogen and oxygen atoms in total. The van der Waals surface area contributed by atoms with Crippen molar-refractivity contribution in [3.63, 3.8) is 0 Å². The van der Waals surface area contributed by atoms with Crippen LogP contribution >= 0.6 is 0 Å². The van der Waals surface area contributed by atoms with Crippen LogP contribution in [0.3, 0.4) is 0 Å². The Bertz CT molecular complexity index is 614. The van der Waals surface area contributed by atoms with Crippen LogP contribution in [0.25, 0.3) is 0 Å². The molecule has 0 radical (unpaired) electrons. The topological polar surface area (TPSA) is 54.2 Å². The second-order valence-corrected chi connectivity index (χ2v) is 5.77. The quantitative estimate of drug-likeness (QED) is 0.633. The Morgan fingerprint density at radius 1 is 1.27 bits per heavy atom.